The molecule has 1 aromatic carbocycles. The first-order valence-corrected chi connectivity index (χ1v) is 9.02. The van der Waals surface area contributed by atoms with Gasteiger partial charge in [0.25, 0.3) is 0 Å². The quantitative estimate of drug-likeness (QED) is 0.860. The van der Waals surface area contributed by atoms with Crippen molar-refractivity contribution in [3.63, 3.8) is 0 Å². The fourth-order valence-electron chi connectivity index (χ4n) is 3.45. The van der Waals surface area contributed by atoms with Crippen LogP contribution in [0, 0.1) is 11.7 Å². The summed E-state index contributed by atoms with van der Waals surface area (Å²) in [7, 11) is 0. The topological polar surface area (TPSA) is 53.9 Å². The number of H-pyrrole nitrogens is 1. The Balaban J connectivity index is 1.86. The van der Waals surface area contributed by atoms with E-state index < -0.39 is 0 Å². The molecule has 128 valence electrons. The summed E-state index contributed by atoms with van der Waals surface area (Å²) >= 11 is 5.36. The van der Waals surface area contributed by atoms with Crippen molar-refractivity contribution in [1.29, 1.82) is 0 Å². The number of nitrogens with zero attached hydrogens (tertiary/aromatic N) is 3. The normalized spacial score (nSPS) is 17.9. The number of aryl methyl sites for hydroxylation is 1. The summed E-state index contributed by atoms with van der Waals surface area (Å²) in [4.78, 5) is 14.9. The number of nitrogens with one attached hydrogen (secondary N) is 1. The Labute approximate surface area is 147 Å². The van der Waals surface area contributed by atoms with E-state index in [0.29, 0.717) is 10.8 Å². The maximum absolute atomic E-state index is 12.9. The predicted octanol–water partition coefficient (Wildman–Crippen LogP) is 3.71. The second-order valence-electron chi connectivity index (χ2n) is 6.45. The molecule has 2 heterocycles. The monoisotopic (exact) mass is 344 g/mol. The van der Waals surface area contributed by atoms with Gasteiger partial charge in [0.05, 0.1) is 0 Å². The highest BCUT2D eigenvalue weighted by Gasteiger charge is 2.26. The third-order valence-electron chi connectivity index (χ3n) is 4.75. The Hall–Kier alpha value is -1.95. The molecule has 1 amide bonds. The van der Waals surface area contributed by atoms with Crippen molar-refractivity contribution < 1.29 is 4.79 Å². The van der Waals surface area contributed by atoms with Crippen molar-refractivity contribution >= 4 is 18.1 Å². The summed E-state index contributed by atoms with van der Waals surface area (Å²) in [6.45, 7) is 5.29. The Bertz CT molecular complexity index is 779. The molecule has 0 radical (unpaired) electrons. The van der Waals surface area contributed by atoms with Gasteiger partial charge in [-0.1, -0.05) is 30.7 Å². The number of piperidine rings is 1. The maximum atomic E-state index is 12.9. The summed E-state index contributed by atoms with van der Waals surface area (Å²) in [6.07, 6.45) is 4.41. The highest BCUT2D eigenvalue weighted by atomic mass is 32.1. The molecule has 1 aliphatic rings. The minimum atomic E-state index is 0.132. The number of hydrogen-bond donors (Lipinski definition) is 1. The second kappa shape index (κ2) is 7.30. The molecule has 0 saturated carbocycles. The van der Waals surface area contributed by atoms with Gasteiger partial charge >= 0.3 is 0 Å². The first kappa shape index (κ1) is 16.9. The molecule has 1 fully saturated rings. The zero-order chi connectivity index (χ0) is 17.1. The minimum Gasteiger partial charge on any atom is -0.338 e. The van der Waals surface area contributed by atoms with Gasteiger partial charge in [-0.15, -0.1) is 0 Å². The molecule has 0 spiro atoms. The first-order valence-electron chi connectivity index (χ1n) is 8.62. The Morgan fingerprint density at radius 3 is 3.00 bits per heavy atom. The number of carbonyl (C=O) groups excluding carboxylic acids is 1. The molecule has 0 bridgehead atoms. The third kappa shape index (κ3) is 3.43. The number of carbonyl (C=O) groups is 1. The van der Waals surface area contributed by atoms with Crippen molar-refractivity contribution in [3.8, 4) is 11.4 Å². The van der Waals surface area contributed by atoms with Crippen molar-refractivity contribution in [1.82, 2.24) is 19.7 Å². The van der Waals surface area contributed by atoms with E-state index in [4.69, 9.17) is 12.2 Å². The molecule has 2 aromatic rings. The summed E-state index contributed by atoms with van der Waals surface area (Å²) < 4.78 is 2.30. The number of hydrogen-bond acceptors (Lipinski definition) is 3. The standard InChI is InChI=1S/C18H24N4OS/c1-3-15-9-4-5-10-21(15)16(23)12-22-17(19-20-18(22)24)14-8-6-7-13(2)11-14/h6-8,11,15H,3-5,9-10,12H2,1-2H3,(H,20,24). The van der Waals surface area contributed by atoms with E-state index in [1.54, 1.807) is 0 Å². The lowest BCUT2D eigenvalue weighted by atomic mass is 10.00. The van der Waals surface area contributed by atoms with Crippen LogP contribution in [-0.2, 0) is 11.3 Å². The molecule has 1 saturated heterocycles. The van der Waals surface area contributed by atoms with Gasteiger partial charge in [-0.05, 0) is 50.9 Å². The fraction of sp³-hybridized carbons (Fsp3) is 0.500. The van der Waals surface area contributed by atoms with Crippen LogP contribution in [0.5, 0.6) is 0 Å². The number of aromatic nitrogens is 3. The highest BCUT2D eigenvalue weighted by Crippen LogP contribution is 2.22. The van der Waals surface area contributed by atoms with Gasteiger partial charge < -0.3 is 4.90 Å². The second-order valence-corrected chi connectivity index (χ2v) is 6.84. The van der Waals surface area contributed by atoms with Crippen molar-refractivity contribution in [3.05, 3.63) is 34.6 Å². The molecule has 0 aliphatic carbocycles. The number of aromatic amines is 1. The van der Waals surface area contributed by atoms with Gasteiger partial charge in [0.2, 0.25) is 5.91 Å². The van der Waals surface area contributed by atoms with E-state index in [1.165, 1.54) is 6.42 Å². The van der Waals surface area contributed by atoms with E-state index in [9.17, 15) is 4.79 Å². The van der Waals surface area contributed by atoms with Crippen LogP contribution in [0.2, 0.25) is 0 Å². The van der Waals surface area contributed by atoms with Gasteiger partial charge in [-0.25, -0.2) is 0 Å². The SMILES string of the molecule is CCC1CCCCN1C(=O)Cn1c(-c2cccc(C)c2)n[nH]c1=S. The molecule has 24 heavy (non-hydrogen) atoms. The third-order valence-corrected chi connectivity index (χ3v) is 5.06. The largest absolute Gasteiger partial charge is 0.338 e. The van der Waals surface area contributed by atoms with E-state index in [0.717, 1.165) is 42.8 Å². The average Bonchev–Trinajstić information content (AvgIpc) is 2.95. The highest BCUT2D eigenvalue weighted by molar-refractivity contribution is 7.71. The Kier molecular flexibility index (Phi) is 5.14. The van der Waals surface area contributed by atoms with Crippen LogP contribution in [0.4, 0.5) is 0 Å². The molecule has 1 aromatic heterocycles. The van der Waals surface area contributed by atoms with Gasteiger partial charge in [0.1, 0.15) is 6.54 Å². The van der Waals surface area contributed by atoms with Crippen molar-refractivity contribution in [2.45, 2.75) is 52.1 Å². The molecule has 5 nitrogen and oxygen atoms in total. The summed E-state index contributed by atoms with van der Waals surface area (Å²) in [6, 6.07) is 8.44. The Morgan fingerprint density at radius 2 is 2.25 bits per heavy atom. The molecule has 6 heteroatoms. The lowest BCUT2D eigenvalue weighted by molar-refractivity contribution is -0.135. The van der Waals surface area contributed by atoms with Crippen molar-refractivity contribution in [2.24, 2.45) is 0 Å². The Morgan fingerprint density at radius 1 is 1.42 bits per heavy atom. The lowest BCUT2D eigenvalue weighted by Gasteiger charge is -2.35. The summed E-state index contributed by atoms with van der Waals surface area (Å²) in [5, 5.41) is 7.17. The van der Waals surface area contributed by atoms with Crippen LogP contribution >= 0.6 is 12.2 Å². The van der Waals surface area contributed by atoms with E-state index in [1.807, 2.05) is 34.6 Å². The zero-order valence-corrected chi connectivity index (χ0v) is 15.1. The summed E-state index contributed by atoms with van der Waals surface area (Å²) in [5.74, 6) is 0.857. The molecule has 1 atom stereocenters. The number of rotatable bonds is 4. The van der Waals surface area contributed by atoms with Crippen LogP contribution in [0.1, 0.15) is 38.2 Å². The molecule has 1 unspecified atom stereocenters. The summed E-state index contributed by atoms with van der Waals surface area (Å²) in [5.41, 5.74) is 2.13. The van der Waals surface area contributed by atoms with Crippen LogP contribution in [0.3, 0.4) is 0 Å². The maximum Gasteiger partial charge on any atom is 0.242 e. The zero-order valence-electron chi connectivity index (χ0n) is 14.3. The predicted molar refractivity (Wildman–Crippen MR) is 97.2 cm³/mol. The molecular formula is C18H24N4OS. The van der Waals surface area contributed by atoms with Crippen LogP contribution in [-0.4, -0.2) is 38.2 Å². The average molecular weight is 344 g/mol. The smallest absolute Gasteiger partial charge is 0.242 e. The number of benzene rings is 1. The minimum absolute atomic E-state index is 0.132. The van der Waals surface area contributed by atoms with Crippen LogP contribution < -0.4 is 0 Å². The van der Waals surface area contributed by atoms with Gasteiger partial charge in [-0.2, -0.15) is 5.10 Å². The van der Waals surface area contributed by atoms with Gasteiger partial charge in [0.15, 0.2) is 10.6 Å². The molecular weight excluding hydrogens is 320 g/mol. The van der Waals surface area contributed by atoms with E-state index in [-0.39, 0.29) is 12.5 Å². The van der Waals surface area contributed by atoms with Crippen molar-refractivity contribution in [2.75, 3.05) is 6.54 Å². The lowest BCUT2D eigenvalue weighted by Crippen LogP contribution is -2.44. The van der Waals surface area contributed by atoms with Crippen LogP contribution in [0.25, 0.3) is 11.4 Å². The molecule has 3 rings (SSSR count). The van der Waals surface area contributed by atoms with Gasteiger partial charge in [-0.3, -0.25) is 14.5 Å². The first-order chi connectivity index (χ1) is 11.6. The van der Waals surface area contributed by atoms with Crippen LogP contribution in [0.15, 0.2) is 24.3 Å². The van der Waals surface area contributed by atoms with Gasteiger partial charge in [0, 0.05) is 18.2 Å². The number of amides is 1. The fourth-order valence-corrected chi connectivity index (χ4v) is 3.65. The molecule has 1 aliphatic heterocycles. The van der Waals surface area contributed by atoms with E-state index in [2.05, 4.69) is 23.2 Å². The molecule has 1 N–H and O–H groups in total. The van der Waals surface area contributed by atoms with E-state index >= 15 is 0 Å². The number of likely N-dealkylation sites (tertiary alicyclic amines) is 1.